The molecule has 1 rings (SSSR count). The third-order valence-corrected chi connectivity index (χ3v) is 2.06. The molecule has 0 aromatic rings. The second-order valence-corrected chi connectivity index (χ2v) is 2.97. The molecule has 0 unspecified atom stereocenters. The van der Waals surface area contributed by atoms with Crippen molar-refractivity contribution < 1.29 is 5.11 Å². The van der Waals surface area contributed by atoms with E-state index in [4.69, 9.17) is 5.11 Å². The molecular weight excluding hydrogens is 100 g/mol. The molecule has 1 nitrogen and oxygen atoms in total. The van der Waals surface area contributed by atoms with Crippen LogP contribution in [0.3, 0.4) is 0 Å². The van der Waals surface area contributed by atoms with Crippen LogP contribution in [0.4, 0.5) is 0 Å². The van der Waals surface area contributed by atoms with Crippen LogP contribution in [-0.2, 0) is 0 Å². The van der Waals surface area contributed by atoms with Crippen LogP contribution in [0.15, 0.2) is 0 Å². The maximum absolute atomic E-state index is 8.68. The summed E-state index contributed by atoms with van der Waals surface area (Å²) in [7, 11) is 0. The first-order chi connectivity index (χ1) is 3.83. The highest BCUT2D eigenvalue weighted by atomic mass is 16.3. The summed E-state index contributed by atoms with van der Waals surface area (Å²) in [6.07, 6.45) is 3.82. The lowest BCUT2D eigenvalue weighted by Gasteiger charge is -2.01. The number of aliphatic hydroxyl groups is 1. The fourth-order valence-corrected chi connectivity index (χ4v) is 1.49. The van der Waals surface area contributed by atoms with Gasteiger partial charge in [0, 0.05) is 6.61 Å². The highest BCUT2D eigenvalue weighted by molar-refractivity contribution is 4.71. The van der Waals surface area contributed by atoms with Crippen LogP contribution in [0, 0.1) is 11.8 Å². The Bertz CT molecular complexity index is 70.8. The van der Waals surface area contributed by atoms with Gasteiger partial charge in [-0.3, -0.25) is 0 Å². The molecule has 8 heavy (non-hydrogen) atoms. The minimum Gasteiger partial charge on any atom is -0.396 e. The van der Waals surface area contributed by atoms with Crippen LogP contribution in [0.2, 0.25) is 0 Å². The van der Waals surface area contributed by atoms with E-state index in [2.05, 4.69) is 6.92 Å². The van der Waals surface area contributed by atoms with E-state index >= 15 is 0 Å². The molecule has 0 amide bonds. The Balaban J connectivity index is 2.22. The lowest BCUT2D eigenvalue weighted by atomic mass is 10.1. The Hall–Kier alpha value is -0.0400. The fourth-order valence-electron chi connectivity index (χ4n) is 1.49. The lowest BCUT2D eigenvalue weighted by molar-refractivity contribution is 0.227. The van der Waals surface area contributed by atoms with E-state index < -0.39 is 0 Å². The molecule has 1 aliphatic carbocycles. The third kappa shape index (κ3) is 1.22. The van der Waals surface area contributed by atoms with Gasteiger partial charge in [-0.1, -0.05) is 13.3 Å². The zero-order chi connectivity index (χ0) is 5.98. The zero-order valence-electron chi connectivity index (χ0n) is 5.43. The maximum Gasteiger partial charge on any atom is 0.0459 e. The molecule has 0 bridgehead atoms. The van der Waals surface area contributed by atoms with Crippen molar-refractivity contribution >= 4 is 0 Å². The van der Waals surface area contributed by atoms with Gasteiger partial charge in [-0.15, -0.1) is 0 Å². The predicted molar refractivity (Wildman–Crippen MR) is 33.6 cm³/mol. The van der Waals surface area contributed by atoms with Crippen LogP contribution in [0.1, 0.15) is 26.2 Å². The summed E-state index contributed by atoms with van der Waals surface area (Å²) in [4.78, 5) is 0. The Morgan fingerprint density at radius 1 is 1.50 bits per heavy atom. The lowest BCUT2D eigenvalue weighted by Crippen LogP contribution is -1.99. The summed E-state index contributed by atoms with van der Waals surface area (Å²) in [5.74, 6) is 1.50. The van der Waals surface area contributed by atoms with Gasteiger partial charge in [0.2, 0.25) is 0 Å². The van der Waals surface area contributed by atoms with Crippen molar-refractivity contribution in [2.45, 2.75) is 26.2 Å². The molecule has 0 radical (unpaired) electrons. The zero-order valence-corrected chi connectivity index (χ0v) is 5.43. The highest BCUT2D eigenvalue weighted by Gasteiger charge is 2.19. The second-order valence-electron chi connectivity index (χ2n) is 2.97. The van der Waals surface area contributed by atoms with E-state index in [1.54, 1.807) is 0 Å². The van der Waals surface area contributed by atoms with Crippen LogP contribution >= 0.6 is 0 Å². The average molecular weight is 114 g/mol. The largest absolute Gasteiger partial charge is 0.396 e. The maximum atomic E-state index is 8.68. The third-order valence-electron chi connectivity index (χ3n) is 2.06. The number of hydrogen-bond donors (Lipinski definition) is 1. The number of rotatable bonds is 1. The normalized spacial score (nSPS) is 38.2. The van der Waals surface area contributed by atoms with Crippen molar-refractivity contribution in [3.63, 3.8) is 0 Å². The van der Waals surface area contributed by atoms with Gasteiger partial charge in [0.25, 0.3) is 0 Å². The van der Waals surface area contributed by atoms with Crippen LogP contribution in [0.5, 0.6) is 0 Å². The minimum absolute atomic E-state index is 0.407. The molecule has 1 fully saturated rings. The number of hydrogen-bond acceptors (Lipinski definition) is 1. The summed E-state index contributed by atoms with van der Waals surface area (Å²) in [6, 6.07) is 0. The first kappa shape index (κ1) is 6.09. The molecule has 1 saturated carbocycles. The summed E-state index contributed by atoms with van der Waals surface area (Å²) in [6.45, 7) is 2.67. The van der Waals surface area contributed by atoms with Gasteiger partial charge >= 0.3 is 0 Å². The van der Waals surface area contributed by atoms with E-state index in [0.717, 1.165) is 5.92 Å². The molecule has 0 aromatic heterocycles. The monoisotopic (exact) mass is 114 g/mol. The molecule has 1 aliphatic rings. The van der Waals surface area contributed by atoms with E-state index in [1.807, 2.05) is 0 Å². The van der Waals surface area contributed by atoms with Gasteiger partial charge in [0.1, 0.15) is 0 Å². The van der Waals surface area contributed by atoms with Crippen LogP contribution in [-0.4, -0.2) is 11.7 Å². The van der Waals surface area contributed by atoms with Gasteiger partial charge in [-0.2, -0.15) is 0 Å². The predicted octanol–water partition coefficient (Wildman–Crippen LogP) is 1.41. The quantitative estimate of drug-likeness (QED) is 0.546. The van der Waals surface area contributed by atoms with Crippen LogP contribution in [0.25, 0.3) is 0 Å². The van der Waals surface area contributed by atoms with E-state index in [0.29, 0.717) is 12.5 Å². The van der Waals surface area contributed by atoms with Crippen LogP contribution < -0.4 is 0 Å². The first-order valence-corrected chi connectivity index (χ1v) is 3.43. The van der Waals surface area contributed by atoms with Gasteiger partial charge < -0.3 is 5.11 Å². The first-order valence-electron chi connectivity index (χ1n) is 3.43. The summed E-state index contributed by atoms with van der Waals surface area (Å²) < 4.78 is 0. The fraction of sp³-hybridized carbons (Fsp3) is 1.00. The summed E-state index contributed by atoms with van der Waals surface area (Å²) in [5.41, 5.74) is 0. The molecule has 2 atom stereocenters. The minimum atomic E-state index is 0.407. The molecule has 0 spiro atoms. The van der Waals surface area contributed by atoms with Crippen molar-refractivity contribution in [1.29, 1.82) is 0 Å². The van der Waals surface area contributed by atoms with E-state index in [1.165, 1.54) is 19.3 Å². The van der Waals surface area contributed by atoms with Gasteiger partial charge in [-0.25, -0.2) is 0 Å². The molecule has 0 aromatic carbocycles. The van der Waals surface area contributed by atoms with Crippen molar-refractivity contribution in [3.8, 4) is 0 Å². The topological polar surface area (TPSA) is 20.2 Å². The summed E-state index contributed by atoms with van der Waals surface area (Å²) in [5, 5.41) is 8.68. The van der Waals surface area contributed by atoms with Crippen molar-refractivity contribution in [3.05, 3.63) is 0 Å². The van der Waals surface area contributed by atoms with Gasteiger partial charge in [0.15, 0.2) is 0 Å². The number of aliphatic hydroxyl groups excluding tert-OH is 1. The van der Waals surface area contributed by atoms with E-state index in [9.17, 15) is 0 Å². The van der Waals surface area contributed by atoms with Crippen molar-refractivity contribution in [2.24, 2.45) is 11.8 Å². The Labute approximate surface area is 50.7 Å². The van der Waals surface area contributed by atoms with Crippen molar-refractivity contribution in [2.75, 3.05) is 6.61 Å². The van der Waals surface area contributed by atoms with Gasteiger partial charge in [-0.05, 0) is 24.7 Å². The molecular formula is C7H14O. The Morgan fingerprint density at radius 2 is 2.25 bits per heavy atom. The molecule has 0 heterocycles. The SMILES string of the molecule is C[C@H]1CC[C@@H](CO)C1. The van der Waals surface area contributed by atoms with E-state index in [-0.39, 0.29) is 0 Å². The van der Waals surface area contributed by atoms with Gasteiger partial charge in [0.05, 0.1) is 0 Å². The highest BCUT2D eigenvalue weighted by Crippen LogP contribution is 2.29. The molecule has 0 saturated heterocycles. The van der Waals surface area contributed by atoms with Crippen molar-refractivity contribution in [1.82, 2.24) is 0 Å². The molecule has 48 valence electrons. The standard InChI is InChI=1S/C7H14O/c1-6-2-3-7(4-6)5-8/h6-8H,2-5H2,1H3/t6-,7+/m0/s1. The molecule has 1 N–H and O–H groups in total. The molecule has 0 aliphatic heterocycles. The smallest absolute Gasteiger partial charge is 0.0459 e. The summed E-state index contributed by atoms with van der Waals surface area (Å²) >= 11 is 0. The second kappa shape index (κ2) is 2.49. The Kier molecular flexibility index (Phi) is 1.90. The Morgan fingerprint density at radius 3 is 2.50 bits per heavy atom. The molecule has 1 heteroatoms. The average Bonchev–Trinajstić information content (AvgIpc) is 2.14.